The number of carbonyl (C=O) groups excluding carboxylic acids is 1. The lowest BCUT2D eigenvalue weighted by atomic mass is 10.1. The van der Waals surface area contributed by atoms with Crippen LogP contribution in [0.5, 0.6) is 0 Å². The first-order chi connectivity index (χ1) is 15.7. The first-order valence-electron chi connectivity index (χ1n) is 11.1. The molecule has 0 radical (unpaired) electrons. The van der Waals surface area contributed by atoms with Crippen LogP contribution >= 0.6 is 11.8 Å². The standard InChI is InChI=1S/C25H30N4O2S/c1-19(17-31-2)29-23(16-20-10-4-3-5-11-20)26-27-25(29)32-18-21-12-6-7-13-22(21)24(30)28-14-8-9-15-28/h3-7,10-13,19H,8-9,14-18H2,1-2H3/t19-/m1/s1. The molecule has 7 heteroatoms. The third kappa shape index (κ3) is 5.22. The number of hydrogen-bond acceptors (Lipinski definition) is 5. The van der Waals surface area contributed by atoms with E-state index in [1.165, 1.54) is 5.56 Å². The van der Waals surface area contributed by atoms with Crippen molar-refractivity contribution < 1.29 is 9.53 Å². The molecular formula is C25H30N4O2S. The van der Waals surface area contributed by atoms with Crippen molar-refractivity contribution in [1.29, 1.82) is 0 Å². The molecule has 2 heterocycles. The quantitative estimate of drug-likeness (QED) is 0.446. The van der Waals surface area contributed by atoms with Gasteiger partial charge in [0.25, 0.3) is 5.91 Å². The molecule has 4 rings (SSSR count). The number of benzene rings is 2. The lowest BCUT2D eigenvalue weighted by Gasteiger charge is -2.19. The fraction of sp³-hybridized carbons (Fsp3) is 0.400. The van der Waals surface area contributed by atoms with Gasteiger partial charge in [-0.1, -0.05) is 60.3 Å². The Kier molecular flexibility index (Phi) is 7.60. The minimum Gasteiger partial charge on any atom is -0.383 e. The van der Waals surface area contributed by atoms with Crippen molar-refractivity contribution in [2.75, 3.05) is 26.8 Å². The number of amides is 1. The highest BCUT2D eigenvalue weighted by atomic mass is 32.2. The summed E-state index contributed by atoms with van der Waals surface area (Å²) < 4.78 is 7.59. The Morgan fingerprint density at radius 3 is 2.53 bits per heavy atom. The van der Waals surface area contributed by atoms with Gasteiger partial charge < -0.3 is 14.2 Å². The highest BCUT2D eigenvalue weighted by Crippen LogP contribution is 2.28. The first kappa shape index (κ1) is 22.6. The molecule has 2 aromatic carbocycles. The van der Waals surface area contributed by atoms with Gasteiger partial charge in [-0.15, -0.1) is 10.2 Å². The van der Waals surface area contributed by atoms with Gasteiger partial charge in [-0.3, -0.25) is 4.79 Å². The maximum atomic E-state index is 13.0. The Morgan fingerprint density at radius 1 is 1.06 bits per heavy atom. The molecule has 0 unspecified atom stereocenters. The Morgan fingerprint density at radius 2 is 1.78 bits per heavy atom. The molecule has 1 aliphatic rings. The zero-order valence-corrected chi connectivity index (χ0v) is 19.6. The lowest BCUT2D eigenvalue weighted by molar-refractivity contribution is 0.0792. The normalized spacial score (nSPS) is 14.6. The first-order valence-corrected chi connectivity index (χ1v) is 12.1. The monoisotopic (exact) mass is 450 g/mol. The summed E-state index contributed by atoms with van der Waals surface area (Å²) in [5.41, 5.74) is 3.03. The topological polar surface area (TPSA) is 60.2 Å². The van der Waals surface area contributed by atoms with E-state index in [-0.39, 0.29) is 11.9 Å². The predicted octanol–water partition coefficient (Wildman–Crippen LogP) is 4.60. The van der Waals surface area contributed by atoms with Crippen molar-refractivity contribution in [1.82, 2.24) is 19.7 Å². The largest absolute Gasteiger partial charge is 0.383 e. The fourth-order valence-corrected chi connectivity index (χ4v) is 5.21. The van der Waals surface area contributed by atoms with E-state index in [1.807, 2.05) is 47.4 Å². The SMILES string of the molecule is COC[C@@H](C)n1c(Cc2ccccc2)nnc1SCc1ccccc1C(=O)N1CCCC1. The van der Waals surface area contributed by atoms with Gasteiger partial charge in [-0.25, -0.2) is 0 Å². The molecule has 32 heavy (non-hydrogen) atoms. The number of thioether (sulfide) groups is 1. The van der Waals surface area contributed by atoms with Crippen LogP contribution in [-0.4, -0.2) is 52.4 Å². The molecule has 1 amide bonds. The lowest BCUT2D eigenvalue weighted by Crippen LogP contribution is -2.28. The van der Waals surface area contributed by atoms with Gasteiger partial charge >= 0.3 is 0 Å². The van der Waals surface area contributed by atoms with Gasteiger partial charge in [0.1, 0.15) is 5.82 Å². The molecule has 0 bridgehead atoms. The molecular weight excluding hydrogens is 420 g/mol. The van der Waals surface area contributed by atoms with Crippen LogP contribution in [0.1, 0.15) is 53.1 Å². The maximum absolute atomic E-state index is 13.0. The molecule has 0 spiro atoms. The Labute approximate surface area is 194 Å². The molecule has 0 saturated carbocycles. The smallest absolute Gasteiger partial charge is 0.254 e. The minimum atomic E-state index is 0.109. The van der Waals surface area contributed by atoms with E-state index < -0.39 is 0 Å². The summed E-state index contributed by atoms with van der Waals surface area (Å²) in [5.74, 6) is 1.72. The van der Waals surface area contributed by atoms with E-state index >= 15 is 0 Å². The van der Waals surface area contributed by atoms with E-state index in [2.05, 4.69) is 33.8 Å². The van der Waals surface area contributed by atoms with E-state index in [9.17, 15) is 4.79 Å². The second-order valence-corrected chi connectivity index (χ2v) is 9.12. The second kappa shape index (κ2) is 10.8. The number of methoxy groups -OCH3 is 1. The number of ether oxygens (including phenoxy) is 1. The van der Waals surface area contributed by atoms with Crippen molar-refractivity contribution in [2.45, 2.75) is 43.1 Å². The summed E-state index contributed by atoms with van der Waals surface area (Å²) in [7, 11) is 1.71. The van der Waals surface area contributed by atoms with Crippen molar-refractivity contribution >= 4 is 17.7 Å². The van der Waals surface area contributed by atoms with E-state index in [4.69, 9.17) is 4.74 Å². The van der Waals surface area contributed by atoms with E-state index in [0.717, 1.165) is 48.0 Å². The Balaban J connectivity index is 1.55. The van der Waals surface area contributed by atoms with Crippen LogP contribution in [0, 0.1) is 0 Å². The number of aromatic nitrogens is 3. The van der Waals surface area contributed by atoms with Crippen LogP contribution in [0.2, 0.25) is 0 Å². The van der Waals surface area contributed by atoms with Gasteiger partial charge in [0.2, 0.25) is 0 Å². The van der Waals surface area contributed by atoms with Crippen LogP contribution < -0.4 is 0 Å². The highest BCUT2D eigenvalue weighted by Gasteiger charge is 2.23. The maximum Gasteiger partial charge on any atom is 0.254 e. The zero-order valence-electron chi connectivity index (χ0n) is 18.7. The van der Waals surface area contributed by atoms with Crippen LogP contribution in [0.3, 0.4) is 0 Å². The fourth-order valence-electron chi connectivity index (χ4n) is 4.15. The summed E-state index contributed by atoms with van der Waals surface area (Å²) >= 11 is 1.62. The predicted molar refractivity (Wildman–Crippen MR) is 127 cm³/mol. The average Bonchev–Trinajstić information content (AvgIpc) is 3.49. The van der Waals surface area contributed by atoms with Gasteiger partial charge in [-0.05, 0) is 37.0 Å². The van der Waals surface area contributed by atoms with Crippen LogP contribution in [0.25, 0.3) is 0 Å². The second-order valence-electron chi connectivity index (χ2n) is 8.18. The summed E-state index contributed by atoms with van der Waals surface area (Å²) in [6.07, 6.45) is 2.90. The van der Waals surface area contributed by atoms with Crippen molar-refractivity contribution in [3.8, 4) is 0 Å². The molecule has 6 nitrogen and oxygen atoms in total. The molecule has 1 saturated heterocycles. The van der Waals surface area contributed by atoms with Crippen LogP contribution in [0.4, 0.5) is 0 Å². The molecule has 3 aromatic rings. The number of nitrogens with zero attached hydrogens (tertiary/aromatic N) is 4. The summed E-state index contributed by atoms with van der Waals surface area (Å²) in [6, 6.07) is 18.3. The third-order valence-electron chi connectivity index (χ3n) is 5.79. The minimum absolute atomic E-state index is 0.109. The highest BCUT2D eigenvalue weighted by molar-refractivity contribution is 7.98. The number of carbonyl (C=O) groups is 1. The molecule has 168 valence electrons. The molecule has 1 atom stereocenters. The van der Waals surface area contributed by atoms with Crippen LogP contribution in [0.15, 0.2) is 59.8 Å². The molecule has 1 fully saturated rings. The average molecular weight is 451 g/mol. The zero-order chi connectivity index (χ0) is 22.3. The number of hydrogen-bond donors (Lipinski definition) is 0. The van der Waals surface area contributed by atoms with Gasteiger partial charge in [0.05, 0.1) is 12.6 Å². The molecule has 1 aliphatic heterocycles. The number of likely N-dealkylation sites (tertiary alicyclic amines) is 1. The van der Waals surface area contributed by atoms with Gasteiger partial charge in [-0.2, -0.15) is 0 Å². The van der Waals surface area contributed by atoms with Gasteiger partial charge in [0.15, 0.2) is 5.16 Å². The summed E-state index contributed by atoms with van der Waals surface area (Å²) in [6.45, 7) is 4.41. The number of rotatable bonds is 9. The van der Waals surface area contributed by atoms with Crippen LogP contribution in [-0.2, 0) is 16.9 Å². The molecule has 0 N–H and O–H groups in total. The summed E-state index contributed by atoms with van der Waals surface area (Å²) in [4.78, 5) is 15.0. The summed E-state index contributed by atoms with van der Waals surface area (Å²) in [5, 5.41) is 9.87. The Hall–Kier alpha value is -2.64. The molecule has 0 aliphatic carbocycles. The van der Waals surface area contributed by atoms with E-state index in [1.54, 1.807) is 18.9 Å². The Bertz CT molecular complexity index is 1030. The van der Waals surface area contributed by atoms with E-state index in [0.29, 0.717) is 18.8 Å². The van der Waals surface area contributed by atoms with Crippen molar-refractivity contribution in [2.24, 2.45) is 0 Å². The molecule has 1 aromatic heterocycles. The third-order valence-corrected chi connectivity index (χ3v) is 6.78. The van der Waals surface area contributed by atoms with Crippen molar-refractivity contribution in [3.63, 3.8) is 0 Å². The van der Waals surface area contributed by atoms with Gasteiger partial charge in [0, 0.05) is 37.9 Å². The van der Waals surface area contributed by atoms with Crippen molar-refractivity contribution in [3.05, 3.63) is 77.1 Å².